The molecule has 0 amide bonds. The Morgan fingerprint density at radius 2 is 1.62 bits per heavy atom. The summed E-state index contributed by atoms with van der Waals surface area (Å²) >= 11 is 0. The summed E-state index contributed by atoms with van der Waals surface area (Å²) in [4.78, 5) is 0. The second kappa shape index (κ2) is 6.80. The van der Waals surface area contributed by atoms with E-state index in [1.54, 1.807) is 0 Å². The summed E-state index contributed by atoms with van der Waals surface area (Å²) in [5, 5.41) is 0. The third-order valence-electron chi connectivity index (χ3n) is 4.14. The van der Waals surface area contributed by atoms with Crippen LogP contribution >= 0.6 is 0 Å². The molecule has 0 heterocycles. The average molecular weight is 282 g/mol. The number of aryl methyl sites for hydroxylation is 1. The van der Waals surface area contributed by atoms with Gasteiger partial charge in [-0.3, -0.25) is 0 Å². The minimum Gasteiger partial charge on any atom is -0.493 e. The summed E-state index contributed by atoms with van der Waals surface area (Å²) in [7, 11) is 0. The van der Waals surface area contributed by atoms with Crippen LogP contribution in [0.15, 0.2) is 36.4 Å². The molecule has 0 aliphatic rings. The predicted molar refractivity (Wildman–Crippen MR) is 91.0 cm³/mol. The molecule has 0 N–H and O–H groups in total. The third-order valence-corrected chi connectivity index (χ3v) is 4.14. The Morgan fingerprint density at radius 3 is 2.24 bits per heavy atom. The van der Waals surface area contributed by atoms with E-state index in [-0.39, 0.29) is 0 Å². The molecule has 0 fully saturated rings. The van der Waals surface area contributed by atoms with Gasteiger partial charge in [-0.15, -0.1) is 0 Å². The molecule has 0 aliphatic heterocycles. The van der Waals surface area contributed by atoms with Crippen molar-refractivity contribution < 1.29 is 4.74 Å². The highest BCUT2D eigenvalue weighted by atomic mass is 16.5. The summed E-state index contributed by atoms with van der Waals surface area (Å²) in [6, 6.07) is 12.7. The van der Waals surface area contributed by atoms with Crippen molar-refractivity contribution in [1.29, 1.82) is 0 Å². The second-order valence-electron chi connectivity index (χ2n) is 6.21. The van der Waals surface area contributed by atoms with Gasteiger partial charge in [0, 0.05) is 5.56 Å². The van der Waals surface area contributed by atoms with Crippen molar-refractivity contribution in [3.8, 4) is 16.9 Å². The SMILES string of the molecule is Cc1cc(OCCC(C)C)c(-c2ccccc2)c(C)c1C. The van der Waals surface area contributed by atoms with E-state index in [0.717, 1.165) is 18.8 Å². The van der Waals surface area contributed by atoms with E-state index in [4.69, 9.17) is 4.74 Å². The minimum absolute atomic E-state index is 0.665. The Balaban J connectivity index is 2.43. The molecule has 0 aliphatic carbocycles. The topological polar surface area (TPSA) is 9.23 Å². The number of benzene rings is 2. The maximum atomic E-state index is 6.12. The molecule has 2 aromatic rings. The Kier molecular flexibility index (Phi) is 5.06. The van der Waals surface area contributed by atoms with Crippen LogP contribution in [0.3, 0.4) is 0 Å². The molecule has 1 nitrogen and oxygen atoms in total. The number of ether oxygens (including phenoxy) is 1. The molecule has 1 heteroatoms. The maximum Gasteiger partial charge on any atom is 0.127 e. The fourth-order valence-corrected chi connectivity index (χ4v) is 2.53. The van der Waals surface area contributed by atoms with Crippen molar-refractivity contribution >= 4 is 0 Å². The first kappa shape index (κ1) is 15.6. The zero-order valence-electron chi connectivity index (χ0n) is 13.9. The molecule has 21 heavy (non-hydrogen) atoms. The van der Waals surface area contributed by atoms with Gasteiger partial charge in [0.15, 0.2) is 0 Å². The number of rotatable bonds is 5. The summed E-state index contributed by atoms with van der Waals surface area (Å²) in [5.41, 5.74) is 6.44. The van der Waals surface area contributed by atoms with Gasteiger partial charge in [0.05, 0.1) is 6.61 Å². The van der Waals surface area contributed by atoms with E-state index in [0.29, 0.717) is 5.92 Å². The normalized spacial score (nSPS) is 11.0. The lowest BCUT2D eigenvalue weighted by molar-refractivity contribution is 0.290. The van der Waals surface area contributed by atoms with E-state index in [9.17, 15) is 0 Å². The minimum atomic E-state index is 0.665. The fourth-order valence-electron chi connectivity index (χ4n) is 2.53. The summed E-state index contributed by atoms with van der Waals surface area (Å²) < 4.78 is 6.12. The zero-order chi connectivity index (χ0) is 15.4. The van der Waals surface area contributed by atoms with Crippen LogP contribution < -0.4 is 4.74 Å². The lowest BCUT2D eigenvalue weighted by atomic mass is 9.93. The Morgan fingerprint density at radius 1 is 0.952 bits per heavy atom. The molecule has 0 radical (unpaired) electrons. The van der Waals surface area contributed by atoms with Gasteiger partial charge in [-0.1, -0.05) is 44.2 Å². The van der Waals surface area contributed by atoms with Crippen molar-refractivity contribution in [2.24, 2.45) is 5.92 Å². The highest BCUT2D eigenvalue weighted by Gasteiger charge is 2.13. The molecule has 2 aromatic carbocycles. The molecule has 0 aromatic heterocycles. The molecule has 0 atom stereocenters. The molecule has 0 saturated carbocycles. The smallest absolute Gasteiger partial charge is 0.127 e. The summed E-state index contributed by atoms with van der Waals surface area (Å²) in [6.07, 6.45) is 1.08. The van der Waals surface area contributed by atoms with Crippen molar-refractivity contribution in [1.82, 2.24) is 0 Å². The van der Waals surface area contributed by atoms with Crippen LogP contribution in [0.4, 0.5) is 0 Å². The Labute approximate surface area is 129 Å². The van der Waals surface area contributed by atoms with Crippen LogP contribution in [0.2, 0.25) is 0 Å². The predicted octanol–water partition coefficient (Wildman–Crippen LogP) is 5.70. The van der Waals surface area contributed by atoms with Gasteiger partial charge in [0.2, 0.25) is 0 Å². The van der Waals surface area contributed by atoms with Crippen molar-refractivity contribution in [3.05, 3.63) is 53.1 Å². The van der Waals surface area contributed by atoms with Gasteiger partial charge in [0.25, 0.3) is 0 Å². The van der Waals surface area contributed by atoms with Crippen LogP contribution in [0.5, 0.6) is 5.75 Å². The van der Waals surface area contributed by atoms with Gasteiger partial charge in [-0.25, -0.2) is 0 Å². The Bertz CT molecular complexity index is 597. The van der Waals surface area contributed by atoms with E-state index in [1.807, 2.05) is 0 Å². The van der Waals surface area contributed by atoms with Crippen molar-refractivity contribution in [3.63, 3.8) is 0 Å². The van der Waals surface area contributed by atoms with E-state index in [2.05, 4.69) is 71.0 Å². The number of hydrogen-bond acceptors (Lipinski definition) is 1. The lowest BCUT2D eigenvalue weighted by Gasteiger charge is -2.18. The van der Waals surface area contributed by atoms with Gasteiger partial charge in [0.1, 0.15) is 5.75 Å². The second-order valence-corrected chi connectivity index (χ2v) is 6.21. The first-order valence-corrected chi connectivity index (χ1v) is 7.79. The van der Waals surface area contributed by atoms with Crippen molar-refractivity contribution in [2.45, 2.75) is 41.0 Å². The largest absolute Gasteiger partial charge is 0.493 e. The highest BCUT2D eigenvalue weighted by Crippen LogP contribution is 2.36. The van der Waals surface area contributed by atoms with Gasteiger partial charge in [-0.05, 0) is 61.4 Å². The maximum absolute atomic E-state index is 6.12. The van der Waals surface area contributed by atoms with Gasteiger partial charge in [-0.2, -0.15) is 0 Å². The van der Waals surface area contributed by atoms with E-state index in [1.165, 1.54) is 27.8 Å². The highest BCUT2D eigenvalue weighted by molar-refractivity contribution is 5.75. The summed E-state index contributed by atoms with van der Waals surface area (Å²) in [6.45, 7) is 11.8. The molecule has 112 valence electrons. The molecular weight excluding hydrogens is 256 g/mol. The molecule has 2 rings (SSSR count). The van der Waals surface area contributed by atoms with Crippen LogP contribution in [-0.2, 0) is 0 Å². The fraction of sp³-hybridized carbons (Fsp3) is 0.400. The molecule has 0 saturated heterocycles. The summed E-state index contributed by atoms with van der Waals surface area (Å²) in [5.74, 6) is 1.68. The Hall–Kier alpha value is -1.76. The average Bonchev–Trinajstić information content (AvgIpc) is 2.45. The quantitative estimate of drug-likeness (QED) is 0.683. The molecule has 0 bridgehead atoms. The van der Waals surface area contributed by atoms with E-state index >= 15 is 0 Å². The van der Waals surface area contributed by atoms with Crippen LogP contribution in [0.1, 0.15) is 37.0 Å². The van der Waals surface area contributed by atoms with E-state index < -0.39 is 0 Å². The molecular formula is C20H26O. The lowest BCUT2D eigenvalue weighted by Crippen LogP contribution is -2.04. The molecule has 0 spiro atoms. The van der Waals surface area contributed by atoms with Crippen LogP contribution in [0.25, 0.3) is 11.1 Å². The standard InChI is InChI=1S/C20H26O/c1-14(2)11-12-21-19-13-15(3)16(4)17(5)20(19)18-9-7-6-8-10-18/h6-10,13-14H,11-12H2,1-5H3. The monoisotopic (exact) mass is 282 g/mol. The first-order valence-electron chi connectivity index (χ1n) is 7.79. The van der Waals surface area contributed by atoms with Crippen LogP contribution in [-0.4, -0.2) is 6.61 Å². The van der Waals surface area contributed by atoms with Gasteiger partial charge >= 0.3 is 0 Å². The third kappa shape index (κ3) is 3.66. The zero-order valence-corrected chi connectivity index (χ0v) is 13.9. The van der Waals surface area contributed by atoms with Crippen LogP contribution in [0, 0.1) is 26.7 Å². The number of hydrogen-bond donors (Lipinski definition) is 0. The molecule has 0 unspecified atom stereocenters. The van der Waals surface area contributed by atoms with Crippen molar-refractivity contribution in [2.75, 3.05) is 6.61 Å². The van der Waals surface area contributed by atoms with Gasteiger partial charge < -0.3 is 4.74 Å². The first-order chi connectivity index (χ1) is 10.0.